The van der Waals surface area contributed by atoms with Gasteiger partial charge in [-0.1, -0.05) is 12.1 Å². The number of nitrogens with two attached hydrogens (primary N) is 1. The lowest BCUT2D eigenvalue weighted by atomic mass is 10.1. The number of hydrazine groups is 1. The summed E-state index contributed by atoms with van der Waals surface area (Å²) in [6, 6.07) is 7.06. The Morgan fingerprint density at radius 2 is 2.28 bits per heavy atom. The maximum atomic E-state index is 12.2. The molecular formula is C11H14N6O. The Kier molecular flexibility index (Phi) is 3.54. The van der Waals surface area contributed by atoms with Gasteiger partial charge in [0.2, 0.25) is 0 Å². The Labute approximate surface area is 104 Å². The number of para-hydroxylation sites is 1. The molecule has 0 radical (unpaired) electrons. The number of benzene rings is 1. The van der Waals surface area contributed by atoms with Crippen LogP contribution in [0.15, 0.2) is 30.6 Å². The lowest BCUT2D eigenvalue weighted by Crippen LogP contribution is -2.28. The highest BCUT2D eigenvalue weighted by atomic mass is 16.2. The number of hydrogen-bond acceptors (Lipinski definition) is 5. The van der Waals surface area contributed by atoms with Crippen LogP contribution in [0.1, 0.15) is 16.2 Å². The molecule has 0 unspecified atom stereocenters. The van der Waals surface area contributed by atoms with Gasteiger partial charge in [0.25, 0.3) is 5.91 Å². The third kappa shape index (κ3) is 2.46. The van der Waals surface area contributed by atoms with Gasteiger partial charge in [-0.25, -0.2) is 4.98 Å². The number of amides is 1. The zero-order chi connectivity index (χ0) is 13.0. The molecule has 0 saturated heterocycles. The number of nitrogen functional groups attached to an aromatic ring is 1. The fraction of sp³-hybridized carbons (Fsp3) is 0.182. The molecule has 1 aromatic heterocycles. The molecule has 1 amide bonds. The van der Waals surface area contributed by atoms with E-state index in [1.165, 1.54) is 11.2 Å². The van der Waals surface area contributed by atoms with Crippen LogP contribution in [0.4, 0.5) is 5.69 Å². The molecule has 0 atom stereocenters. The van der Waals surface area contributed by atoms with E-state index >= 15 is 0 Å². The topological polar surface area (TPSA) is 99.9 Å². The van der Waals surface area contributed by atoms with Crippen LogP contribution >= 0.6 is 0 Å². The third-order valence-electron chi connectivity index (χ3n) is 2.51. The van der Waals surface area contributed by atoms with Gasteiger partial charge in [-0.2, -0.15) is 5.10 Å². The Hall–Kier alpha value is -2.41. The van der Waals surface area contributed by atoms with E-state index in [0.29, 0.717) is 23.6 Å². The average molecular weight is 246 g/mol. The van der Waals surface area contributed by atoms with E-state index in [1.54, 1.807) is 25.2 Å². The van der Waals surface area contributed by atoms with E-state index < -0.39 is 0 Å². The van der Waals surface area contributed by atoms with Gasteiger partial charge in [-0.3, -0.25) is 15.7 Å². The number of H-pyrrole nitrogens is 1. The van der Waals surface area contributed by atoms with Gasteiger partial charge in [-0.15, -0.1) is 0 Å². The molecule has 94 valence electrons. The van der Waals surface area contributed by atoms with Crippen LogP contribution in [0.5, 0.6) is 0 Å². The van der Waals surface area contributed by atoms with Crippen LogP contribution in [0.2, 0.25) is 0 Å². The lowest BCUT2D eigenvalue weighted by molar-refractivity contribution is 0.0782. The number of carbonyl (C=O) groups excluding carboxylic acids is 1. The van der Waals surface area contributed by atoms with E-state index in [4.69, 9.17) is 5.84 Å². The highest BCUT2D eigenvalue weighted by Gasteiger charge is 2.16. The van der Waals surface area contributed by atoms with Gasteiger partial charge in [0.1, 0.15) is 12.2 Å². The normalized spacial score (nSPS) is 10.1. The molecule has 2 aromatic rings. The Morgan fingerprint density at radius 3 is 2.94 bits per heavy atom. The second-order valence-corrected chi connectivity index (χ2v) is 3.78. The summed E-state index contributed by atoms with van der Waals surface area (Å²) in [6.45, 7) is 0.359. The Morgan fingerprint density at radius 1 is 1.50 bits per heavy atom. The second-order valence-electron chi connectivity index (χ2n) is 3.78. The van der Waals surface area contributed by atoms with Crippen molar-refractivity contribution in [3.63, 3.8) is 0 Å². The van der Waals surface area contributed by atoms with Gasteiger partial charge < -0.3 is 10.3 Å². The third-order valence-corrected chi connectivity index (χ3v) is 2.51. The van der Waals surface area contributed by atoms with Crippen molar-refractivity contribution >= 4 is 11.6 Å². The number of rotatable bonds is 4. The molecule has 0 aliphatic heterocycles. The zero-order valence-electron chi connectivity index (χ0n) is 9.92. The van der Waals surface area contributed by atoms with Crippen molar-refractivity contribution in [2.24, 2.45) is 5.84 Å². The van der Waals surface area contributed by atoms with E-state index in [0.717, 1.165) is 0 Å². The number of anilines is 1. The molecule has 0 bridgehead atoms. The minimum Gasteiger partial charge on any atom is -0.334 e. The summed E-state index contributed by atoms with van der Waals surface area (Å²) in [6.07, 6.45) is 1.41. The van der Waals surface area contributed by atoms with Gasteiger partial charge in [0, 0.05) is 7.05 Å². The van der Waals surface area contributed by atoms with Gasteiger partial charge in [0.05, 0.1) is 17.8 Å². The maximum Gasteiger partial charge on any atom is 0.256 e. The van der Waals surface area contributed by atoms with Crippen molar-refractivity contribution < 1.29 is 4.79 Å². The number of carbonyl (C=O) groups is 1. The number of hydrogen-bond donors (Lipinski definition) is 3. The maximum absolute atomic E-state index is 12.2. The molecule has 0 spiro atoms. The molecule has 7 heteroatoms. The number of nitrogens with one attached hydrogen (secondary N) is 2. The van der Waals surface area contributed by atoms with Gasteiger partial charge >= 0.3 is 0 Å². The number of aromatic nitrogens is 3. The fourth-order valence-corrected chi connectivity index (χ4v) is 1.60. The molecule has 18 heavy (non-hydrogen) atoms. The van der Waals surface area contributed by atoms with Crippen LogP contribution in [-0.2, 0) is 6.54 Å². The number of nitrogens with zero attached hydrogens (tertiary/aromatic N) is 3. The van der Waals surface area contributed by atoms with Crippen molar-refractivity contribution in [3.05, 3.63) is 42.0 Å². The standard InChI is InChI=1S/C11H14N6O/c1-17(6-10-13-7-14-16-10)11(18)8-4-2-3-5-9(8)15-12/h2-5,7,15H,6,12H2,1H3,(H,13,14,16). The molecule has 0 aliphatic carbocycles. The first-order valence-electron chi connectivity index (χ1n) is 5.37. The smallest absolute Gasteiger partial charge is 0.256 e. The zero-order valence-corrected chi connectivity index (χ0v) is 9.92. The SMILES string of the molecule is CN(Cc1ncn[nH]1)C(=O)c1ccccc1NN. The van der Waals surface area contributed by atoms with Crippen molar-refractivity contribution in [1.82, 2.24) is 20.1 Å². The molecule has 2 rings (SSSR count). The summed E-state index contributed by atoms with van der Waals surface area (Å²) in [5, 5.41) is 6.44. The molecule has 7 nitrogen and oxygen atoms in total. The van der Waals surface area contributed by atoms with E-state index in [1.807, 2.05) is 6.07 Å². The summed E-state index contributed by atoms with van der Waals surface area (Å²) in [7, 11) is 1.69. The highest BCUT2D eigenvalue weighted by molar-refractivity contribution is 5.99. The van der Waals surface area contributed by atoms with Crippen LogP contribution < -0.4 is 11.3 Å². The first kappa shape index (κ1) is 12.1. The molecular weight excluding hydrogens is 232 g/mol. The molecule has 0 aliphatic rings. The number of aromatic amines is 1. The minimum atomic E-state index is -0.139. The average Bonchev–Trinajstić information content (AvgIpc) is 2.90. The van der Waals surface area contributed by atoms with Gasteiger partial charge in [-0.05, 0) is 12.1 Å². The van der Waals surface area contributed by atoms with Crippen LogP contribution in [0.3, 0.4) is 0 Å². The molecule has 0 fully saturated rings. The lowest BCUT2D eigenvalue weighted by Gasteiger charge is -2.17. The largest absolute Gasteiger partial charge is 0.334 e. The summed E-state index contributed by atoms with van der Waals surface area (Å²) in [4.78, 5) is 17.7. The van der Waals surface area contributed by atoms with E-state index in [-0.39, 0.29) is 5.91 Å². The highest BCUT2D eigenvalue weighted by Crippen LogP contribution is 2.15. The minimum absolute atomic E-state index is 0.139. The summed E-state index contributed by atoms with van der Waals surface area (Å²) < 4.78 is 0. The monoisotopic (exact) mass is 246 g/mol. The fourth-order valence-electron chi connectivity index (χ4n) is 1.60. The second kappa shape index (κ2) is 5.28. The van der Waals surface area contributed by atoms with Crippen molar-refractivity contribution in [2.75, 3.05) is 12.5 Å². The van der Waals surface area contributed by atoms with E-state index in [9.17, 15) is 4.79 Å². The van der Waals surface area contributed by atoms with Crippen LogP contribution in [0, 0.1) is 0 Å². The summed E-state index contributed by atoms with van der Waals surface area (Å²) in [5.74, 6) is 5.87. The first-order chi connectivity index (χ1) is 8.72. The quantitative estimate of drug-likeness (QED) is 0.534. The van der Waals surface area contributed by atoms with Gasteiger partial charge in [0.15, 0.2) is 0 Å². The van der Waals surface area contributed by atoms with Crippen molar-refractivity contribution in [2.45, 2.75) is 6.54 Å². The van der Waals surface area contributed by atoms with Crippen LogP contribution in [0.25, 0.3) is 0 Å². The molecule has 0 saturated carbocycles. The Bertz CT molecular complexity index is 524. The van der Waals surface area contributed by atoms with Crippen molar-refractivity contribution in [3.8, 4) is 0 Å². The Balaban J connectivity index is 2.15. The molecule has 1 aromatic carbocycles. The summed E-state index contributed by atoms with van der Waals surface area (Å²) in [5.41, 5.74) is 3.61. The summed E-state index contributed by atoms with van der Waals surface area (Å²) >= 11 is 0. The van der Waals surface area contributed by atoms with Crippen molar-refractivity contribution in [1.29, 1.82) is 0 Å². The first-order valence-corrected chi connectivity index (χ1v) is 5.37. The predicted octanol–water partition coefficient (Wildman–Crippen LogP) is 0.362. The molecule has 1 heterocycles. The van der Waals surface area contributed by atoms with Crippen LogP contribution in [-0.4, -0.2) is 33.0 Å². The predicted molar refractivity (Wildman–Crippen MR) is 66.4 cm³/mol. The van der Waals surface area contributed by atoms with E-state index in [2.05, 4.69) is 20.6 Å². The molecule has 4 N–H and O–H groups in total.